The fourth-order valence-electron chi connectivity index (χ4n) is 5.97. The SMILES string of the molecule is NC(=O)[C@H]1CC[C@H](n2c(Nc3c(F)cc(Cl)cc3Cl)nc3cnc(N[C@@H]4CCCN(C(=O)Nc5ccccc5)C4)nc32)CC1. The Labute approximate surface area is 263 Å². The van der Waals surface area contributed by atoms with Crippen molar-refractivity contribution < 1.29 is 14.0 Å². The maximum absolute atomic E-state index is 14.9. The molecule has 2 aromatic heterocycles. The summed E-state index contributed by atoms with van der Waals surface area (Å²) in [4.78, 5) is 40.5. The van der Waals surface area contributed by atoms with Crippen molar-refractivity contribution in [2.45, 2.75) is 50.6 Å². The standard InChI is InChI=1S/C30H32Cl2FN9O2/c31-18-13-22(32)25(23(33)14-18)39-29-38-24-15-35-28(40-27(24)42(29)21-10-8-17(9-11-21)26(34)43)36-20-7-4-12-41(16-20)30(44)37-19-5-2-1-3-6-19/h1-3,5-6,13-15,17,20-21H,4,7-12,16H2,(H2,34,43)(H,37,44)(H,38,39)(H,35,36,40)/t17-,20-,21-/m1/s1. The van der Waals surface area contributed by atoms with E-state index in [0.29, 0.717) is 61.8 Å². The van der Waals surface area contributed by atoms with Gasteiger partial charge in [-0.1, -0.05) is 41.4 Å². The minimum absolute atomic E-state index is 0.0424. The number of aromatic nitrogens is 4. The molecule has 1 aliphatic carbocycles. The second-order valence-corrected chi connectivity index (χ2v) is 12.1. The van der Waals surface area contributed by atoms with Crippen molar-refractivity contribution in [1.29, 1.82) is 0 Å². The van der Waals surface area contributed by atoms with E-state index in [1.165, 1.54) is 12.1 Å². The van der Waals surface area contributed by atoms with Gasteiger partial charge < -0.3 is 26.6 Å². The van der Waals surface area contributed by atoms with Gasteiger partial charge in [0.05, 0.1) is 16.9 Å². The largest absolute Gasteiger partial charge is 0.369 e. The third-order valence-corrected chi connectivity index (χ3v) is 8.72. The number of nitrogens with zero attached hydrogens (tertiary/aromatic N) is 5. The molecule has 11 nitrogen and oxygen atoms in total. The molecule has 1 saturated heterocycles. The van der Waals surface area contributed by atoms with Crippen molar-refractivity contribution in [1.82, 2.24) is 24.4 Å². The van der Waals surface area contributed by atoms with Crippen LogP contribution < -0.4 is 21.7 Å². The highest BCUT2D eigenvalue weighted by Crippen LogP contribution is 2.38. The molecule has 0 bridgehead atoms. The topological polar surface area (TPSA) is 143 Å². The number of halogens is 3. The summed E-state index contributed by atoms with van der Waals surface area (Å²) in [7, 11) is 0. The summed E-state index contributed by atoms with van der Waals surface area (Å²) in [5.74, 6) is -0.383. The summed E-state index contributed by atoms with van der Waals surface area (Å²) >= 11 is 12.3. The molecular weight excluding hydrogens is 608 g/mol. The van der Waals surface area contributed by atoms with Crippen LogP contribution in [0.4, 0.5) is 32.5 Å². The van der Waals surface area contributed by atoms with E-state index in [0.717, 1.165) is 18.5 Å². The third-order valence-electron chi connectivity index (χ3n) is 8.21. The molecular formula is C30H32Cl2FN9O2. The molecule has 3 amide bonds. The van der Waals surface area contributed by atoms with Gasteiger partial charge in [-0.05, 0) is 62.8 Å². The van der Waals surface area contributed by atoms with Gasteiger partial charge in [0.2, 0.25) is 17.8 Å². The normalized spacial score (nSPS) is 20.3. The molecule has 0 unspecified atom stereocenters. The molecule has 230 valence electrons. The summed E-state index contributed by atoms with van der Waals surface area (Å²) in [6.07, 6.45) is 5.84. The van der Waals surface area contributed by atoms with Gasteiger partial charge in [-0.2, -0.15) is 4.98 Å². The van der Waals surface area contributed by atoms with E-state index in [1.54, 1.807) is 11.1 Å². The van der Waals surface area contributed by atoms with Crippen LogP contribution in [0, 0.1) is 11.7 Å². The fourth-order valence-corrected chi connectivity index (χ4v) is 6.49. The highest BCUT2D eigenvalue weighted by Gasteiger charge is 2.30. The summed E-state index contributed by atoms with van der Waals surface area (Å²) in [5, 5.41) is 9.68. The van der Waals surface area contributed by atoms with Gasteiger partial charge in [-0.3, -0.25) is 9.36 Å². The zero-order chi connectivity index (χ0) is 30.8. The number of likely N-dealkylation sites (tertiary alicyclic amines) is 1. The Morgan fingerprint density at radius 3 is 2.52 bits per heavy atom. The minimum Gasteiger partial charge on any atom is -0.369 e. The average Bonchev–Trinajstić information content (AvgIpc) is 3.37. The number of primary amides is 1. The number of urea groups is 1. The van der Waals surface area contributed by atoms with Crippen molar-refractivity contribution in [2.75, 3.05) is 29.0 Å². The lowest BCUT2D eigenvalue weighted by atomic mass is 9.85. The molecule has 44 heavy (non-hydrogen) atoms. The number of hydrogen-bond donors (Lipinski definition) is 4. The smallest absolute Gasteiger partial charge is 0.321 e. The number of nitrogens with two attached hydrogens (primary N) is 1. The predicted octanol–water partition coefficient (Wildman–Crippen LogP) is 6.34. The van der Waals surface area contributed by atoms with Crippen LogP contribution in [0.25, 0.3) is 11.2 Å². The molecule has 2 aliphatic rings. The number of para-hydroxylation sites is 1. The number of benzene rings is 2. The Morgan fingerprint density at radius 1 is 1.02 bits per heavy atom. The van der Waals surface area contributed by atoms with Crippen molar-refractivity contribution in [3.63, 3.8) is 0 Å². The minimum atomic E-state index is -0.620. The maximum Gasteiger partial charge on any atom is 0.321 e. The maximum atomic E-state index is 14.9. The number of fused-ring (bicyclic) bond motifs is 1. The van der Waals surface area contributed by atoms with Gasteiger partial charge in [-0.25, -0.2) is 19.2 Å². The van der Waals surface area contributed by atoms with E-state index in [9.17, 15) is 14.0 Å². The number of nitrogens with one attached hydrogen (secondary N) is 3. The molecule has 14 heteroatoms. The first-order valence-electron chi connectivity index (χ1n) is 14.6. The van der Waals surface area contributed by atoms with E-state index in [4.69, 9.17) is 38.9 Å². The number of imidazole rings is 1. The molecule has 0 radical (unpaired) electrons. The fraction of sp³-hybridized carbons (Fsp3) is 0.367. The first-order chi connectivity index (χ1) is 21.2. The molecule has 2 aromatic carbocycles. The van der Waals surface area contributed by atoms with Crippen LogP contribution in [-0.2, 0) is 4.79 Å². The molecule has 2 fully saturated rings. The van der Waals surface area contributed by atoms with Crippen LogP contribution in [0.1, 0.15) is 44.6 Å². The molecule has 5 N–H and O–H groups in total. The lowest BCUT2D eigenvalue weighted by molar-refractivity contribution is -0.122. The predicted molar refractivity (Wildman–Crippen MR) is 169 cm³/mol. The molecule has 6 rings (SSSR count). The van der Waals surface area contributed by atoms with E-state index in [1.807, 2.05) is 34.9 Å². The van der Waals surface area contributed by atoms with Crippen molar-refractivity contribution >= 4 is 69.6 Å². The Hall–Kier alpha value is -4.16. The number of carbonyl (C=O) groups is 2. The van der Waals surface area contributed by atoms with Crippen LogP contribution in [0.5, 0.6) is 0 Å². The van der Waals surface area contributed by atoms with Gasteiger partial charge in [0, 0.05) is 41.8 Å². The Morgan fingerprint density at radius 2 is 1.80 bits per heavy atom. The Bertz CT molecular complexity index is 1660. The zero-order valence-corrected chi connectivity index (χ0v) is 25.3. The van der Waals surface area contributed by atoms with Gasteiger partial charge in [0.15, 0.2) is 5.65 Å². The molecule has 4 aromatic rings. The van der Waals surface area contributed by atoms with Gasteiger partial charge in [0.25, 0.3) is 0 Å². The van der Waals surface area contributed by atoms with Crippen molar-refractivity contribution in [3.05, 3.63) is 64.5 Å². The monoisotopic (exact) mass is 639 g/mol. The highest BCUT2D eigenvalue weighted by molar-refractivity contribution is 6.36. The molecule has 3 heterocycles. The summed E-state index contributed by atoms with van der Waals surface area (Å²) in [5.41, 5.74) is 7.42. The Kier molecular flexibility index (Phi) is 8.72. The van der Waals surface area contributed by atoms with Gasteiger partial charge in [-0.15, -0.1) is 0 Å². The van der Waals surface area contributed by atoms with Crippen LogP contribution in [0.15, 0.2) is 48.7 Å². The summed E-state index contributed by atoms with van der Waals surface area (Å²) in [6, 6.07) is 11.7. The second-order valence-electron chi connectivity index (χ2n) is 11.2. The summed E-state index contributed by atoms with van der Waals surface area (Å²) < 4.78 is 16.8. The number of carbonyl (C=O) groups excluding carboxylic acids is 2. The van der Waals surface area contributed by atoms with Gasteiger partial charge in [0.1, 0.15) is 11.3 Å². The lowest BCUT2D eigenvalue weighted by Crippen LogP contribution is -2.47. The molecule has 0 spiro atoms. The first-order valence-corrected chi connectivity index (χ1v) is 15.3. The van der Waals surface area contributed by atoms with Crippen LogP contribution in [0.2, 0.25) is 10.0 Å². The van der Waals surface area contributed by atoms with Crippen molar-refractivity contribution in [3.8, 4) is 0 Å². The number of rotatable bonds is 7. The van der Waals surface area contributed by atoms with Crippen molar-refractivity contribution in [2.24, 2.45) is 11.7 Å². The van der Waals surface area contributed by atoms with Gasteiger partial charge >= 0.3 is 6.03 Å². The zero-order valence-electron chi connectivity index (χ0n) is 23.8. The van der Waals surface area contributed by atoms with Crippen LogP contribution >= 0.6 is 23.2 Å². The first kappa shape index (κ1) is 29.9. The van der Waals surface area contributed by atoms with Crippen LogP contribution in [-0.4, -0.2) is 55.5 Å². The van der Waals surface area contributed by atoms with E-state index in [-0.39, 0.29) is 45.7 Å². The van der Waals surface area contributed by atoms with E-state index < -0.39 is 5.82 Å². The van der Waals surface area contributed by atoms with Crippen LogP contribution in [0.3, 0.4) is 0 Å². The number of amides is 3. The lowest BCUT2D eigenvalue weighted by Gasteiger charge is -2.33. The third kappa shape index (κ3) is 6.51. The number of piperidine rings is 1. The van der Waals surface area contributed by atoms with E-state index >= 15 is 0 Å². The molecule has 1 aliphatic heterocycles. The average molecular weight is 641 g/mol. The van der Waals surface area contributed by atoms with E-state index in [2.05, 4.69) is 20.9 Å². The number of anilines is 4. The Balaban J connectivity index is 1.26. The highest BCUT2D eigenvalue weighted by atomic mass is 35.5. The molecule has 1 atom stereocenters. The second kappa shape index (κ2) is 12.8. The quantitative estimate of drug-likeness (QED) is 0.185. The summed E-state index contributed by atoms with van der Waals surface area (Å²) in [6.45, 7) is 1.13. The molecule has 1 saturated carbocycles. The number of hydrogen-bond acceptors (Lipinski definition) is 7.